The molecule has 1 aliphatic rings. The summed E-state index contributed by atoms with van der Waals surface area (Å²) in [6.07, 6.45) is 1.88. The van der Waals surface area contributed by atoms with Crippen molar-refractivity contribution in [1.82, 2.24) is 9.55 Å². The lowest BCUT2D eigenvalue weighted by molar-refractivity contribution is -0.112. The third kappa shape index (κ3) is 5.30. The molecule has 1 fully saturated rings. The van der Waals surface area contributed by atoms with Gasteiger partial charge in [-0.2, -0.15) is 0 Å². The Balaban J connectivity index is 1.26. The van der Waals surface area contributed by atoms with Crippen molar-refractivity contribution in [2.24, 2.45) is 0 Å². The fraction of sp³-hybridized carbons (Fsp3) is 0.281. The van der Waals surface area contributed by atoms with E-state index in [1.807, 2.05) is 91.3 Å². The quantitative estimate of drug-likeness (QED) is 0.252. The van der Waals surface area contributed by atoms with E-state index in [9.17, 15) is 9.59 Å². The molecule has 0 aliphatic carbocycles. The number of amides is 1. The lowest BCUT2D eigenvalue weighted by Gasteiger charge is -2.37. The Kier molecular flexibility index (Phi) is 7.50. The van der Waals surface area contributed by atoms with Gasteiger partial charge in [-0.15, -0.1) is 0 Å². The van der Waals surface area contributed by atoms with E-state index in [1.54, 1.807) is 0 Å². The van der Waals surface area contributed by atoms with E-state index in [1.165, 1.54) is 11.1 Å². The number of hydrogen-bond acceptors (Lipinski definition) is 5. The molecule has 2 aromatic carbocycles. The van der Waals surface area contributed by atoms with Crippen molar-refractivity contribution < 1.29 is 9.59 Å². The Labute approximate surface area is 230 Å². The number of hydrogen-bond donors (Lipinski definition) is 1. The molecule has 200 valence electrons. The van der Waals surface area contributed by atoms with Gasteiger partial charge < -0.3 is 19.7 Å². The molecule has 0 atom stereocenters. The number of carbonyl (C=O) groups excluding carboxylic acids is 2. The summed E-state index contributed by atoms with van der Waals surface area (Å²) in [5, 5.41) is 2.81. The van der Waals surface area contributed by atoms with Crippen molar-refractivity contribution in [2.45, 2.75) is 34.2 Å². The number of piperazine rings is 1. The van der Waals surface area contributed by atoms with Crippen molar-refractivity contribution in [3.63, 3.8) is 0 Å². The fourth-order valence-corrected chi connectivity index (χ4v) is 5.33. The summed E-state index contributed by atoms with van der Waals surface area (Å²) in [6.45, 7) is 12.4. The smallest absolute Gasteiger partial charge is 0.298 e. The molecular weight excluding hydrogens is 486 g/mol. The van der Waals surface area contributed by atoms with Gasteiger partial charge in [0, 0.05) is 61.6 Å². The number of pyridine rings is 1. The number of carbonyl (C=O) groups is 2. The summed E-state index contributed by atoms with van der Waals surface area (Å²) in [5.74, 6) is -0.108. The van der Waals surface area contributed by atoms with E-state index in [0.29, 0.717) is 17.9 Å². The Hall–Kier alpha value is -4.39. The van der Waals surface area contributed by atoms with Gasteiger partial charge >= 0.3 is 0 Å². The van der Waals surface area contributed by atoms with Crippen molar-refractivity contribution >= 4 is 28.9 Å². The van der Waals surface area contributed by atoms with E-state index in [-0.39, 0.29) is 0 Å². The molecule has 4 aromatic rings. The maximum absolute atomic E-state index is 13.4. The summed E-state index contributed by atoms with van der Waals surface area (Å²) in [5.41, 5.74) is 7.25. The molecule has 2 aromatic heterocycles. The lowest BCUT2D eigenvalue weighted by atomic mass is 10.0. The summed E-state index contributed by atoms with van der Waals surface area (Å²) < 4.78 is 1.90. The maximum atomic E-state index is 13.4. The Bertz CT molecular complexity index is 1480. The van der Waals surface area contributed by atoms with E-state index in [2.05, 4.69) is 33.9 Å². The summed E-state index contributed by atoms with van der Waals surface area (Å²) in [4.78, 5) is 35.8. The molecule has 0 unspecified atom stereocenters. The lowest BCUT2D eigenvalue weighted by Crippen LogP contribution is -2.47. The predicted octanol–water partition coefficient (Wildman–Crippen LogP) is 5.64. The average molecular weight is 522 g/mol. The minimum absolute atomic E-state index is 0.423. The topological polar surface area (TPSA) is 70.5 Å². The van der Waals surface area contributed by atoms with E-state index in [4.69, 9.17) is 0 Å². The summed E-state index contributed by atoms with van der Waals surface area (Å²) in [6, 6.07) is 21.5. The zero-order valence-electron chi connectivity index (χ0n) is 23.1. The highest BCUT2D eigenvalue weighted by molar-refractivity contribution is 6.47. The van der Waals surface area contributed by atoms with Crippen molar-refractivity contribution in [1.29, 1.82) is 0 Å². The third-order valence-electron chi connectivity index (χ3n) is 7.64. The second-order valence-electron chi connectivity index (χ2n) is 10.0. The first-order chi connectivity index (χ1) is 18.9. The van der Waals surface area contributed by atoms with Gasteiger partial charge in [0.15, 0.2) is 0 Å². The monoisotopic (exact) mass is 521 g/mol. The molecule has 1 N–H and O–H groups in total. The Morgan fingerprint density at radius 2 is 1.54 bits per heavy atom. The number of Topliss-reactive ketones (excluding diaryl/α,β-unsaturated/α-hetero) is 1. The van der Waals surface area contributed by atoms with E-state index in [0.717, 1.165) is 54.5 Å². The first kappa shape index (κ1) is 26.2. The van der Waals surface area contributed by atoms with Gasteiger partial charge in [-0.1, -0.05) is 30.3 Å². The van der Waals surface area contributed by atoms with Crippen LogP contribution in [-0.4, -0.2) is 47.4 Å². The number of nitrogens with zero attached hydrogens (tertiary/aromatic N) is 4. The van der Waals surface area contributed by atoms with Crippen LogP contribution in [0.5, 0.6) is 0 Å². The van der Waals surface area contributed by atoms with E-state index >= 15 is 0 Å². The van der Waals surface area contributed by atoms with Gasteiger partial charge in [0.1, 0.15) is 11.5 Å². The van der Waals surface area contributed by atoms with Crippen LogP contribution in [0.2, 0.25) is 0 Å². The molecule has 7 heteroatoms. The molecule has 39 heavy (non-hydrogen) atoms. The highest BCUT2D eigenvalue weighted by Gasteiger charge is 2.26. The zero-order chi connectivity index (χ0) is 27.5. The number of benzene rings is 2. The molecule has 7 nitrogen and oxygen atoms in total. The van der Waals surface area contributed by atoms with Crippen LogP contribution in [0.15, 0.2) is 72.9 Å². The molecule has 0 saturated carbocycles. The van der Waals surface area contributed by atoms with Gasteiger partial charge in [-0.3, -0.25) is 9.59 Å². The number of anilines is 3. The van der Waals surface area contributed by atoms with Gasteiger partial charge in [0.05, 0.1) is 0 Å². The first-order valence-electron chi connectivity index (χ1n) is 13.5. The van der Waals surface area contributed by atoms with Gasteiger partial charge in [0.25, 0.3) is 11.7 Å². The second kappa shape index (κ2) is 11.2. The van der Waals surface area contributed by atoms with E-state index < -0.39 is 11.7 Å². The maximum Gasteiger partial charge on any atom is 0.298 e. The number of aromatic nitrogens is 2. The molecular formula is C32H35N5O2. The second-order valence-corrected chi connectivity index (χ2v) is 10.0. The van der Waals surface area contributed by atoms with Crippen LogP contribution >= 0.6 is 0 Å². The largest absolute Gasteiger partial charge is 0.368 e. The van der Waals surface area contributed by atoms with Crippen LogP contribution in [-0.2, 0) is 11.3 Å². The molecule has 0 radical (unpaired) electrons. The summed E-state index contributed by atoms with van der Waals surface area (Å²) in [7, 11) is 0. The normalized spacial score (nSPS) is 13.4. The number of aryl methyl sites for hydroxylation is 2. The van der Waals surface area contributed by atoms with Crippen LogP contribution in [0, 0.1) is 20.8 Å². The third-order valence-corrected chi connectivity index (χ3v) is 7.64. The van der Waals surface area contributed by atoms with Crippen LogP contribution in [0.4, 0.5) is 17.2 Å². The van der Waals surface area contributed by atoms with Gasteiger partial charge in [-0.05, 0) is 80.8 Å². The number of nitrogens with one attached hydrogen (secondary N) is 1. The minimum atomic E-state index is -0.637. The highest BCUT2D eigenvalue weighted by atomic mass is 16.2. The average Bonchev–Trinajstić information content (AvgIpc) is 3.31. The van der Waals surface area contributed by atoms with Crippen LogP contribution in [0.1, 0.15) is 34.2 Å². The molecule has 0 bridgehead atoms. The van der Waals surface area contributed by atoms with Crippen LogP contribution in [0.3, 0.4) is 0 Å². The predicted molar refractivity (Wildman–Crippen MR) is 158 cm³/mol. The standard InChI is InChI=1S/C32H35N5O2/c1-5-37-23(3)21-28(25-9-7-6-8-10-25)29(37)30(38)32(39)34-26-11-13-27(14-12-26)35-17-19-36(20-18-35)31-24(4)22(2)15-16-33-31/h6-16,21H,5,17-20H2,1-4H3,(H,34,39). The molecule has 1 aliphatic heterocycles. The summed E-state index contributed by atoms with van der Waals surface area (Å²) >= 11 is 0. The van der Waals surface area contributed by atoms with Crippen molar-refractivity contribution in [3.05, 3.63) is 95.4 Å². The number of rotatable bonds is 7. The van der Waals surface area contributed by atoms with Gasteiger partial charge in [-0.25, -0.2) is 4.98 Å². The molecule has 5 rings (SSSR count). The highest BCUT2D eigenvalue weighted by Crippen LogP contribution is 2.29. The first-order valence-corrected chi connectivity index (χ1v) is 13.5. The molecule has 3 heterocycles. The fourth-order valence-electron chi connectivity index (χ4n) is 5.33. The Morgan fingerprint density at radius 3 is 2.21 bits per heavy atom. The van der Waals surface area contributed by atoms with Crippen LogP contribution < -0.4 is 15.1 Å². The number of ketones is 1. The molecule has 1 saturated heterocycles. The van der Waals surface area contributed by atoms with Gasteiger partial charge in [0.2, 0.25) is 0 Å². The molecule has 1 amide bonds. The van der Waals surface area contributed by atoms with Crippen LogP contribution in [0.25, 0.3) is 11.1 Å². The Morgan fingerprint density at radius 1 is 0.872 bits per heavy atom. The zero-order valence-corrected chi connectivity index (χ0v) is 23.1. The molecule has 0 spiro atoms. The van der Waals surface area contributed by atoms with Crippen molar-refractivity contribution in [3.8, 4) is 11.1 Å². The SMILES string of the molecule is CCn1c(C)cc(-c2ccccc2)c1C(=O)C(=O)Nc1ccc(N2CCN(c3nccc(C)c3C)CC2)cc1. The minimum Gasteiger partial charge on any atom is -0.368 e. The van der Waals surface area contributed by atoms with Crippen molar-refractivity contribution in [2.75, 3.05) is 41.3 Å².